The third kappa shape index (κ3) is 6.34. The predicted octanol–water partition coefficient (Wildman–Crippen LogP) is 6.26. The van der Waals surface area contributed by atoms with E-state index in [1.807, 2.05) is 85.1 Å². The van der Waals surface area contributed by atoms with Gasteiger partial charge in [0, 0.05) is 29.6 Å². The molecule has 0 radical (unpaired) electrons. The van der Waals surface area contributed by atoms with Crippen LogP contribution in [-0.2, 0) is 16.0 Å². The van der Waals surface area contributed by atoms with Gasteiger partial charge in [-0.3, -0.25) is 9.59 Å². The third-order valence-electron chi connectivity index (χ3n) is 7.71. The Morgan fingerprint density at radius 1 is 0.737 bits per heavy atom. The minimum absolute atomic E-state index is 0.103. The molecule has 5 nitrogen and oxygen atoms in total. The minimum atomic E-state index is -0.679. The molecular weight excluding hydrogens is 470 g/mol. The SMILES string of the molecule is O=C(N[C@@H](Cc1c[nH]c2ccccc12)C(=O)NC1CCCCCCC1)C(c1ccccc1)c1ccccc1. The number of carbonyl (C=O) groups excluding carboxylic acids is 2. The molecule has 1 aromatic heterocycles. The van der Waals surface area contributed by atoms with Crippen molar-refractivity contribution in [1.29, 1.82) is 0 Å². The average molecular weight is 508 g/mol. The van der Waals surface area contributed by atoms with Crippen LogP contribution in [0.2, 0.25) is 0 Å². The van der Waals surface area contributed by atoms with Crippen LogP contribution in [-0.4, -0.2) is 28.9 Å². The summed E-state index contributed by atoms with van der Waals surface area (Å²) in [5, 5.41) is 7.55. The maximum Gasteiger partial charge on any atom is 0.243 e. The molecule has 1 fully saturated rings. The van der Waals surface area contributed by atoms with Gasteiger partial charge < -0.3 is 15.6 Å². The van der Waals surface area contributed by atoms with Crippen LogP contribution in [0, 0.1) is 0 Å². The Balaban J connectivity index is 1.42. The lowest BCUT2D eigenvalue weighted by molar-refractivity contribution is -0.129. The molecular formula is C33H37N3O2. The molecule has 196 valence electrons. The quantitative estimate of drug-likeness (QED) is 0.263. The van der Waals surface area contributed by atoms with Crippen molar-refractivity contribution in [2.24, 2.45) is 0 Å². The Labute approximate surface area is 225 Å². The van der Waals surface area contributed by atoms with Gasteiger partial charge in [0.05, 0.1) is 5.92 Å². The second-order valence-electron chi connectivity index (χ2n) is 10.4. The summed E-state index contributed by atoms with van der Waals surface area (Å²) in [4.78, 5) is 31.0. The zero-order chi connectivity index (χ0) is 26.2. The third-order valence-corrected chi connectivity index (χ3v) is 7.71. The molecule has 0 aliphatic heterocycles. The first kappa shape index (κ1) is 25.8. The highest BCUT2D eigenvalue weighted by Gasteiger charge is 2.29. The Hall–Kier alpha value is -3.86. The summed E-state index contributed by atoms with van der Waals surface area (Å²) < 4.78 is 0. The standard InChI is InChI=1S/C33H37N3O2/c37-32(35-27-18-10-2-1-3-11-19-27)30(22-26-23-34-29-21-13-12-20-28(26)29)36-33(38)31(24-14-6-4-7-15-24)25-16-8-5-9-17-25/h4-9,12-17,20-21,23,27,30-31,34H,1-3,10-11,18-19,22H2,(H,35,37)(H,36,38)/t30-/m0/s1. The first-order valence-corrected chi connectivity index (χ1v) is 13.9. The second-order valence-corrected chi connectivity index (χ2v) is 10.4. The number of amides is 2. The van der Waals surface area contributed by atoms with Gasteiger partial charge in [0.1, 0.15) is 6.04 Å². The Kier molecular flexibility index (Phi) is 8.54. The number of carbonyl (C=O) groups is 2. The van der Waals surface area contributed by atoms with Crippen molar-refractivity contribution in [2.45, 2.75) is 69.4 Å². The zero-order valence-electron chi connectivity index (χ0n) is 21.9. The second kappa shape index (κ2) is 12.6. The monoisotopic (exact) mass is 507 g/mol. The van der Waals surface area contributed by atoms with Crippen molar-refractivity contribution in [1.82, 2.24) is 15.6 Å². The molecule has 0 spiro atoms. The molecule has 38 heavy (non-hydrogen) atoms. The summed E-state index contributed by atoms with van der Waals surface area (Å²) in [6, 6.07) is 27.1. The van der Waals surface area contributed by atoms with Gasteiger partial charge in [-0.25, -0.2) is 0 Å². The molecule has 1 heterocycles. The van der Waals surface area contributed by atoms with Crippen molar-refractivity contribution < 1.29 is 9.59 Å². The maximum absolute atomic E-state index is 13.9. The molecule has 4 aromatic rings. The average Bonchev–Trinajstić information content (AvgIpc) is 3.34. The number of aromatic nitrogens is 1. The molecule has 0 bridgehead atoms. The molecule has 5 heteroatoms. The summed E-state index contributed by atoms with van der Waals surface area (Å²) in [5.74, 6) is -0.772. The van der Waals surface area contributed by atoms with Crippen LogP contribution in [0.15, 0.2) is 91.1 Å². The van der Waals surface area contributed by atoms with Gasteiger partial charge in [0.15, 0.2) is 0 Å². The van der Waals surface area contributed by atoms with E-state index >= 15 is 0 Å². The van der Waals surface area contributed by atoms with Crippen molar-refractivity contribution >= 4 is 22.7 Å². The summed E-state index contributed by atoms with van der Waals surface area (Å²) in [5.41, 5.74) is 3.86. The van der Waals surface area contributed by atoms with E-state index in [9.17, 15) is 9.59 Å². The lowest BCUT2D eigenvalue weighted by Crippen LogP contribution is -2.51. The van der Waals surface area contributed by atoms with Crippen LogP contribution >= 0.6 is 0 Å². The van der Waals surface area contributed by atoms with Crippen LogP contribution in [0.4, 0.5) is 0 Å². The van der Waals surface area contributed by atoms with Crippen molar-refractivity contribution in [3.8, 4) is 0 Å². The summed E-state index contributed by atoms with van der Waals surface area (Å²) in [6.07, 6.45) is 10.4. The number of hydrogen-bond acceptors (Lipinski definition) is 2. The van der Waals surface area contributed by atoms with Crippen molar-refractivity contribution in [2.75, 3.05) is 0 Å². The van der Waals surface area contributed by atoms with Crippen LogP contribution in [0.1, 0.15) is 67.6 Å². The predicted molar refractivity (Wildman–Crippen MR) is 153 cm³/mol. The Morgan fingerprint density at radius 3 is 1.97 bits per heavy atom. The van der Waals surface area contributed by atoms with Gasteiger partial charge in [0.25, 0.3) is 0 Å². The highest BCUT2D eigenvalue weighted by Crippen LogP contribution is 2.26. The zero-order valence-corrected chi connectivity index (χ0v) is 21.9. The van der Waals surface area contributed by atoms with Crippen molar-refractivity contribution in [3.05, 3.63) is 108 Å². The fourth-order valence-corrected chi connectivity index (χ4v) is 5.67. The van der Waals surface area contributed by atoms with Crippen LogP contribution < -0.4 is 10.6 Å². The van der Waals surface area contributed by atoms with E-state index in [2.05, 4.69) is 21.7 Å². The number of H-pyrrole nitrogens is 1. The van der Waals surface area contributed by atoms with Crippen LogP contribution in [0.25, 0.3) is 10.9 Å². The van der Waals surface area contributed by atoms with Gasteiger partial charge in [-0.15, -0.1) is 0 Å². The Bertz CT molecular complexity index is 1280. The first-order valence-electron chi connectivity index (χ1n) is 13.9. The fourth-order valence-electron chi connectivity index (χ4n) is 5.67. The van der Waals surface area contributed by atoms with Gasteiger partial charge in [-0.05, 0) is 35.6 Å². The molecule has 3 N–H and O–H groups in total. The number of nitrogens with one attached hydrogen (secondary N) is 3. The van der Waals surface area contributed by atoms with E-state index in [0.717, 1.165) is 53.3 Å². The number of benzene rings is 3. The molecule has 0 saturated heterocycles. The van der Waals surface area contributed by atoms with E-state index in [1.165, 1.54) is 19.3 Å². The highest BCUT2D eigenvalue weighted by molar-refractivity contribution is 5.93. The first-order chi connectivity index (χ1) is 18.7. The maximum atomic E-state index is 13.9. The van der Waals surface area contributed by atoms with Gasteiger partial charge >= 0.3 is 0 Å². The number of hydrogen-bond donors (Lipinski definition) is 3. The Morgan fingerprint density at radius 2 is 1.32 bits per heavy atom. The highest BCUT2D eigenvalue weighted by atomic mass is 16.2. The molecule has 2 amide bonds. The van der Waals surface area contributed by atoms with Gasteiger partial charge in [-0.2, -0.15) is 0 Å². The van der Waals surface area contributed by atoms with Gasteiger partial charge in [0.2, 0.25) is 11.8 Å². The fraction of sp³-hybridized carbons (Fsp3) is 0.333. The summed E-state index contributed by atoms with van der Waals surface area (Å²) in [7, 11) is 0. The van der Waals surface area contributed by atoms with E-state index in [0.29, 0.717) is 6.42 Å². The van der Waals surface area contributed by atoms with E-state index < -0.39 is 12.0 Å². The van der Waals surface area contributed by atoms with Crippen LogP contribution in [0.5, 0.6) is 0 Å². The number of aromatic amines is 1. The lowest BCUT2D eigenvalue weighted by Gasteiger charge is -2.26. The molecule has 3 aromatic carbocycles. The largest absolute Gasteiger partial charge is 0.361 e. The molecule has 1 aliphatic carbocycles. The topological polar surface area (TPSA) is 74.0 Å². The molecule has 1 aliphatic rings. The summed E-state index contributed by atoms with van der Waals surface area (Å²) in [6.45, 7) is 0. The summed E-state index contributed by atoms with van der Waals surface area (Å²) >= 11 is 0. The molecule has 1 atom stereocenters. The van der Waals surface area contributed by atoms with E-state index in [-0.39, 0.29) is 17.9 Å². The lowest BCUT2D eigenvalue weighted by atomic mass is 9.90. The van der Waals surface area contributed by atoms with E-state index in [1.54, 1.807) is 0 Å². The number of rotatable bonds is 8. The van der Waals surface area contributed by atoms with Crippen molar-refractivity contribution in [3.63, 3.8) is 0 Å². The molecule has 5 rings (SSSR count). The van der Waals surface area contributed by atoms with Crippen LogP contribution in [0.3, 0.4) is 0 Å². The van der Waals surface area contributed by atoms with E-state index in [4.69, 9.17) is 0 Å². The molecule has 0 unspecified atom stereocenters. The number of para-hydroxylation sites is 1. The smallest absolute Gasteiger partial charge is 0.243 e. The number of fused-ring (bicyclic) bond motifs is 1. The normalized spacial score (nSPS) is 15.5. The minimum Gasteiger partial charge on any atom is -0.361 e. The molecule has 1 saturated carbocycles. The van der Waals surface area contributed by atoms with Gasteiger partial charge in [-0.1, -0.05) is 111 Å².